The van der Waals surface area contributed by atoms with Crippen LogP contribution in [0.25, 0.3) is 22.0 Å². The molecule has 0 saturated carbocycles. The van der Waals surface area contributed by atoms with Crippen molar-refractivity contribution in [3.8, 4) is 16.9 Å². The third-order valence-electron chi connectivity index (χ3n) is 7.53. The first-order valence-corrected chi connectivity index (χ1v) is 13.2. The predicted molar refractivity (Wildman–Crippen MR) is 154 cm³/mol. The fourth-order valence-corrected chi connectivity index (χ4v) is 5.47. The Bertz CT molecular complexity index is 1660. The maximum atomic E-state index is 13.7. The number of hydrogen-bond acceptors (Lipinski definition) is 5. The lowest BCUT2D eigenvalue weighted by Gasteiger charge is -2.32. The van der Waals surface area contributed by atoms with Crippen LogP contribution in [0.5, 0.6) is 5.75 Å². The molecule has 4 aromatic carbocycles. The van der Waals surface area contributed by atoms with E-state index in [1.54, 1.807) is 12.1 Å². The largest absolute Gasteiger partial charge is 0.508 e. The second kappa shape index (κ2) is 10.7. The molecule has 0 aliphatic carbocycles. The van der Waals surface area contributed by atoms with Crippen LogP contribution in [0.15, 0.2) is 103 Å². The highest BCUT2D eigenvalue weighted by atomic mass is 16.5. The fraction of sp³-hybridized carbons (Fsp3) is 0.152. The molecule has 40 heavy (non-hydrogen) atoms. The number of H-pyrrole nitrogens is 1. The fourth-order valence-electron chi connectivity index (χ4n) is 5.47. The first-order chi connectivity index (χ1) is 19.5. The summed E-state index contributed by atoms with van der Waals surface area (Å²) in [7, 11) is 1.29. The Morgan fingerprint density at radius 3 is 2.27 bits per heavy atom. The minimum absolute atomic E-state index is 0.0700. The molecule has 4 N–H and O–H groups in total. The van der Waals surface area contributed by atoms with Gasteiger partial charge in [-0.15, -0.1) is 0 Å². The minimum Gasteiger partial charge on any atom is -0.508 e. The van der Waals surface area contributed by atoms with Gasteiger partial charge in [-0.3, -0.25) is 10.1 Å². The van der Waals surface area contributed by atoms with E-state index >= 15 is 0 Å². The number of phenols is 1. The summed E-state index contributed by atoms with van der Waals surface area (Å²) in [5.74, 6) is -0.832. The van der Waals surface area contributed by atoms with Crippen molar-refractivity contribution >= 4 is 22.8 Å². The zero-order chi connectivity index (χ0) is 27.6. The first kappa shape index (κ1) is 25.4. The third-order valence-corrected chi connectivity index (χ3v) is 7.53. The van der Waals surface area contributed by atoms with Gasteiger partial charge in [-0.2, -0.15) is 0 Å². The van der Waals surface area contributed by atoms with Gasteiger partial charge in [0.05, 0.1) is 19.2 Å². The summed E-state index contributed by atoms with van der Waals surface area (Å²) in [6.45, 7) is 0. The second-order valence-electron chi connectivity index (χ2n) is 9.96. The molecule has 0 saturated heterocycles. The smallest absolute Gasteiger partial charge is 0.333 e. The molecule has 200 valence electrons. The summed E-state index contributed by atoms with van der Waals surface area (Å²) < 4.78 is 4.98. The molecule has 1 amide bonds. The quantitative estimate of drug-likeness (QED) is 0.226. The van der Waals surface area contributed by atoms with E-state index in [0.29, 0.717) is 12.0 Å². The second-order valence-corrected chi connectivity index (χ2v) is 9.96. The zero-order valence-electron chi connectivity index (χ0n) is 21.9. The van der Waals surface area contributed by atoms with Gasteiger partial charge in [0.15, 0.2) is 6.04 Å². The van der Waals surface area contributed by atoms with Crippen molar-refractivity contribution in [2.45, 2.75) is 24.5 Å². The van der Waals surface area contributed by atoms with E-state index < -0.39 is 18.1 Å². The lowest BCUT2D eigenvalue weighted by atomic mass is 9.89. The van der Waals surface area contributed by atoms with Crippen LogP contribution in [0.2, 0.25) is 0 Å². The van der Waals surface area contributed by atoms with Crippen molar-refractivity contribution < 1.29 is 19.4 Å². The number of carbonyl (C=O) groups is 2. The van der Waals surface area contributed by atoms with Gasteiger partial charge in [-0.25, -0.2) is 4.79 Å². The highest BCUT2D eigenvalue weighted by Crippen LogP contribution is 2.36. The molecule has 0 fully saturated rings. The average molecular weight is 532 g/mol. The molecule has 1 aliphatic rings. The van der Waals surface area contributed by atoms with Crippen molar-refractivity contribution in [2.24, 2.45) is 0 Å². The zero-order valence-corrected chi connectivity index (χ0v) is 21.9. The number of para-hydroxylation sites is 1. The van der Waals surface area contributed by atoms with E-state index in [4.69, 9.17) is 4.74 Å². The normalized spacial score (nSPS) is 17.1. The van der Waals surface area contributed by atoms with E-state index in [0.717, 1.165) is 38.9 Å². The summed E-state index contributed by atoms with van der Waals surface area (Å²) >= 11 is 0. The molecule has 0 bridgehead atoms. The summed E-state index contributed by atoms with van der Waals surface area (Å²) in [5, 5.41) is 17.2. The molecular formula is C33H29N3O4. The minimum atomic E-state index is -1.01. The molecule has 0 spiro atoms. The number of amides is 1. The van der Waals surface area contributed by atoms with Crippen LogP contribution >= 0.6 is 0 Å². The third kappa shape index (κ3) is 4.83. The number of fused-ring (bicyclic) bond motifs is 3. The Morgan fingerprint density at radius 1 is 0.875 bits per heavy atom. The summed E-state index contributed by atoms with van der Waals surface area (Å²) in [6, 6.07) is 30.9. The molecule has 1 aliphatic heterocycles. The van der Waals surface area contributed by atoms with Crippen molar-refractivity contribution in [1.29, 1.82) is 0 Å². The number of ether oxygens (including phenoxy) is 1. The van der Waals surface area contributed by atoms with Crippen LogP contribution in [0.4, 0.5) is 0 Å². The number of aromatic amines is 1. The molecule has 7 nitrogen and oxygen atoms in total. The molecule has 0 radical (unpaired) electrons. The molecular weight excluding hydrogens is 502 g/mol. The summed E-state index contributed by atoms with van der Waals surface area (Å²) in [6.07, 6.45) is 0.452. The highest BCUT2D eigenvalue weighted by Gasteiger charge is 2.36. The van der Waals surface area contributed by atoms with Crippen LogP contribution < -0.4 is 10.6 Å². The number of carbonyl (C=O) groups excluding carboxylic acids is 2. The maximum absolute atomic E-state index is 13.7. The average Bonchev–Trinajstić information content (AvgIpc) is 3.39. The Balaban J connectivity index is 1.34. The molecule has 7 heteroatoms. The van der Waals surface area contributed by atoms with E-state index in [-0.39, 0.29) is 17.7 Å². The molecule has 0 unspecified atom stereocenters. The first-order valence-electron chi connectivity index (χ1n) is 13.2. The van der Waals surface area contributed by atoms with Gasteiger partial charge in [-0.1, -0.05) is 84.9 Å². The van der Waals surface area contributed by atoms with Crippen molar-refractivity contribution in [1.82, 2.24) is 15.6 Å². The SMILES string of the molecule is COC(=O)[C@H](NC(=O)[C@H]1Cc2c([nH]c3ccccc23)[C@H](c2ccc(-c3ccccc3)cc2)N1)c1ccc(O)cc1. The molecule has 6 rings (SSSR count). The number of methoxy groups -OCH3 is 1. The predicted octanol–water partition coefficient (Wildman–Crippen LogP) is 5.17. The monoisotopic (exact) mass is 531 g/mol. The Morgan fingerprint density at radius 2 is 1.55 bits per heavy atom. The van der Waals surface area contributed by atoms with Crippen LogP contribution in [-0.2, 0) is 20.7 Å². The topological polar surface area (TPSA) is 103 Å². The van der Waals surface area contributed by atoms with E-state index in [9.17, 15) is 14.7 Å². The Hall–Kier alpha value is -4.88. The Kier molecular flexibility index (Phi) is 6.80. The Labute approximate surface area is 231 Å². The lowest BCUT2D eigenvalue weighted by Crippen LogP contribution is -2.51. The maximum Gasteiger partial charge on any atom is 0.333 e. The number of nitrogens with one attached hydrogen (secondary N) is 3. The molecule has 5 aromatic rings. The highest BCUT2D eigenvalue weighted by molar-refractivity contribution is 5.91. The van der Waals surface area contributed by atoms with E-state index in [1.165, 1.54) is 19.2 Å². The van der Waals surface area contributed by atoms with Crippen molar-refractivity contribution in [3.05, 3.63) is 126 Å². The van der Waals surface area contributed by atoms with Gasteiger partial charge >= 0.3 is 5.97 Å². The van der Waals surface area contributed by atoms with Crippen LogP contribution in [0, 0.1) is 0 Å². The van der Waals surface area contributed by atoms with Gasteiger partial charge < -0.3 is 20.1 Å². The molecule has 3 atom stereocenters. The standard InChI is InChI=1S/C33H29N3O4/c1-40-33(39)30(23-15-17-24(37)18-16-23)36-32(38)28-19-26-25-9-5-6-10-27(25)34-31(26)29(35-28)22-13-11-21(12-14-22)20-7-3-2-4-8-20/h2-18,28-30,34-35,37H,19H2,1H3,(H,36,38)/t28-,29+,30-/m1/s1. The van der Waals surface area contributed by atoms with Crippen molar-refractivity contribution in [3.63, 3.8) is 0 Å². The number of phenolic OH excluding ortho intramolecular Hbond substituents is 1. The van der Waals surface area contributed by atoms with Gasteiger partial charge in [0, 0.05) is 16.6 Å². The lowest BCUT2D eigenvalue weighted by molar-refractivity contribution is -0.145. The molecule has 1 aromatic heterocycles. The molecule has 2 heterocycles. The van der Waals surface area contributed by atoms with Crippen molar-refractivity contribution in [2.75, 3.05) is 7.11 Å². The van der Waals surface area contributed by atoms with Crippen LogP contribution in [0.3, 0.4) is 0 Å². The van der Waals surface area contributed by atoms with Gasteiger partial charge in [0.25, 0.3) is 0 Å². The van der Waals surface area contributed by atoms with Gasteiger partial charge in [-0.05, 0) is 52.4 Å². The number of aromatic hydroxyl groups is 1. The van der Waals surface area contributed by atoms with Gasteiger partial charge in [0.1, 0.15) is 5.75 Å². The number of aromatic nitrogens is 1. The number of benzene rings is 4. The van der Waals surface area contributed by atoms with Crippen LogP contribution in [-0.4, -0.2) is 35.1 Å². The number of esters is 1. The number of rotatable bonds is 6. The van der Waals surface area contributed by atoms with Crippen LogP contribution in [0.1, 0.15) is 34.5 Å². The summed E-state index contributed by atoms with van der Waals surface area (Å²) in [5.41, 5.74) is 6.91. The van der Waals surface area contributed by atoms with Gasteiger partial charge in [0.2, 0.25) is 5.91 Å². The summed E-state index contributed by atoms with van der Waals surface area (Å²) in [4.78, 5) is 29.9. The van der Waals surface area contributed by atoms with E-state index in [2.05, 4.69) is 58.1 Å². The number of hydrogen-bond donors (Lipinski definition) is 4. The van der Waals surface area contributed by atoms with E-state index in [1.807, 2.05) is 36.4 Å².